The molecule has 0 fully saturated rings. The van der Waals surface area contributed by atoms with E-state index in [-0.39, 0.29) is 24.8 Å². The van der Waals surface area contributed by atoms with E-state index in [2.05, 4.69) is 13.8 Å². The molecule has 0 N–H and O–H groups in total. The van der Waals surface area contributed by atoms with Crippen molar-refractivity contribution in [3.8, 4) is 0 Å². The third-order valence-electron chi connectivity index (χ3n) is 0. The van der Waals surface area contributed by atoms with Crippen molar-refractivity contribution in [1.82, 2.24) is 0 Å². The van der Waals surface area contributed by atoms with Crippen LogP contribution in [0.3, 0.4) is 0 Å². The predicted octanol–water partition coefficient (Wildman–Crippen LogP) is 2.75. The molecule has 1 atom stereocenters. The molecule has 0 heterocycles. The first-order valence-corrected chi connectivity index (χ1v) is 1.41. The summed E-state index contributed by atoms with van der Waals surface area (Å²) in [4.78, 5) is 0. The van der Waals surface area contributed by atoms with Crippen LogP contribution >= 0.6 is 9.90 Å². The largest absolute Gasteiger partial charge is 0.153 e. The van der Waals surface area contributed by atoms with Crippen molar-refractivity contribution in [2.45, 2.75) is 35.1 Å². The van der Waals surface area contributed by atoms with Gasteiger partial charge in [0, 0.05) is 0 Å². The molecule has 1 heteroatoms. The number of hydrogen-bond acceptors (Lipinski definition) is 0. The number of hydrogen-bond donors (Lipinski definition) is 0. The molecule has 0 aromatic heterocycles. The van der Waals surface area contributed by atoms with Gasteiger partial charge in [-0.3, -0.25) is 0 Å². The maximum Gasteiger partial charge on any atom is -0.0590 e. The van der Waals surface area contributed by atoms with E-state index < -0.39 is 0 Å². The molecule has 0 saturated heterocycles. The van der Waals surface area contributed by atoms with Crippen LogP contribution in [0.2, 0.25) is 0 Å². The second-order valence-corrected chi connectivity index (χ2v) is 0.707. The second-order valence-electron chi connectivity index (χ2n) is 0.707. The number of rotatable bonds is 0. The predicted molar refractivity (Wildman–Crippen MR) is 40.5 cm³/mol. The summed E-state index contributed by atoms with van der Waals surface area (Å²) < 4.78 is 0. The minimum absolute atomic E-state index is 0. The molecular weight excluding hydrogens is 91.0 g/mol. The Balaban J connectivity index is -0.00000000667. The third-order valence-corrected chi connectivity index (χ3v) is 0. The van der Waals surface area contributed by atoms with Crippen molar-refractivity contribution >= 4 is 9.90 Å². The lowest BCUT2D eigenvalue weighted by Gasteiger charge is -1.48. The first-order valence-electron chi connectivity index (χ1n) is 1.41. The quantitative estimate of drug-likeness (QED) is 0.420. The van der Waals surface area contributed by atoms with Gasteiger partial charge in [0.2, 0.25) is 0 Å². The van der Waals surface area contributed by atoms with Gasteiger partial charge in [-0.1, -0.05) is 35.1 Å². The Morgan fingerprint density at radius 3 is 1.00 bits per heavy atom. The van der Waals surface area contributed by atoms with Crippen molar-refractivity contribution in [3.63, 3.8) is 0 Å². The molecule has 0 aliphatic rings. The molecular formula is C5H19P. The standard InChI is InChI=1S/C3H8.2CH4.H3P/c1-3-2;;;/h3H2,1-2H3;2*1H4;1H3. The van der Waals surface area contributed by atoms with E-state index in [1.54, 1.807) is 0 Å². The zero-order valence-corrected chi connectivity index (χ0v) is 4.83. The van der Waals surface area contributed by atoms with Gasteiger partial charge in [0.15, 0.2) is 0 Å². The van der Waals surface area contributed by atoms with Gasteiger partial charge in [0.05, 0.1) is 0 Å². The summed E-state index contributed by atoms with van der Waals surface area (Å²) >= 11 is 0. The molecule has 0 radical (unpaired) electrons. The summed E-state index contributed by atoms with van der Waals surface area (Å²) in [5.74, 6) is 0. The van der Waals surface area contributed by atoms with Crippen molar-refractivity contribution in [2.24, 2.45) is 0 Å². The van der Waals surface area contributed by atoms with Crippen molar-refractivity contribution < 1.29 is 0 Å². The molecule has 0 aliphatic carbocycles. The Labute approximate surface area is 46.0 Å². The fourth-order valence-corrected chi connectivity index (χ4v) is 0. The molecule has 44 valence electrons. The van der Waals surface area contributed by atoms with Crippen LogP contribution < -0.4 is 0 Å². The van der Waals surface area contributed by atoms with Crippen LogP contribution in [0.15, 0.2) is 0 Å². The van der Waals surface area contributed by atoms with Crippen LogP contribution in [0.4, 0.5) is 0 Å². The smallest absolute Gasteiger partial charge is 0.0590 e. The summed E-state index contributed by atoms with van der Waals surface area (Å²) in [5, 5.41) is 0. The van der Waals surface area contributed by atoms with Gasteiger partial charge in [-0.15, -0.1) is 0 Å². The fraction of sp³-hybridized carbons (Fsp3) is 1.00. The molecule has 0 aromatic carbocycles. The highest BCUT2D eigenvalue weighted by atomic mass is 31.0. The van der Waals surface area contributed by atoms with Gasteiger partial charge < -0.3 is 0 Å². The van der Waals surface area contributed by atoms with Gasteiger partial charge in [-0.2, -0.15) is 9.90 Å². The van der Waals surface area contributed by atoms with E-state index in [0.29, 0.717) is 0 Å². The maximum absolute atomic E-state index is 2.12. The van der Waals surface area contributed by atoms with Crippen LogP contribution in [0, 0.1) is 0 Å². The van der Waals surface area contributed by atoms with E-state index in [1.807, 2.05) is 0 Å². The molecule has 0 aliphatic heterocycles. The third kappa shape index (κ3) is 282. The van der Waals surface area contributed by atoms with Gasteiger partial charge in [-0.25, -0.2) is 0 Å². The summed E-state index contributed by atoms with van der Waals surface area (Å²) in [5.41, 5.74) is 0. The van der Waals surface area contributed by atoms with E-state index in [4.69, 9.17) is 0 Å². The Morgan fingerprint density at radius 2 is 1.00 bits per heavy atom. The lowest BCUT2D eigenvalue weighted by molar-refractivity contribution is 1.09. The summed E-state index contributed by atoms with van der Waals surface area (Å²) in [6.07, 6.45) is 1.25. The Bertz CT molecular complexity index is 3.90. The zero-order chi connectivity index (χ0) is 2.71. The zero-order valence-electron chi connectivity index (χ0n) is 3.41. The van der Waals surface area contributed by atoms with Crippen LogP contribution in [0.25, 0.3) is 0 Å². The maximum atomic E-state index is 2.12. The van der Waals surface area contributed by atoms with Gasteiger partial charge in [0.1, 0.15) is 0 Å². The highest BCUT2D eigenvalue weighted by Crippen LogP contribution is 1.56. The van der Waals surface area contributed by atoms with Crippen molar-refractivity contribution in [1.29, 1.82) is 0 Å². The molecule has 1 unspecified atom stereocenters. The van der Waals surface area contributed by atoms with Crippen LogP contribution in [-0.4, -0.2) is 0 Å². The SMILES string of the molecule is C.C.CCC.P. The summed E-state index contributed by atoms with van der Waals surface area (Å²) in [6, 6.07) is 0. The van der Waals surface area contributed by atoms with Crippen molar-refractivity contribution in [2.75, 3.05) is 0 Å². The molecule has 0 amide bonds. The van der Waals surface area contributed by atoms with Gasteiger partial charge in [-0.05, 0) is 0 Å². The first kappa shape index (κ1) is 32.1. The summed E-state index contributed by atoms with van der Waals surface area (Å²) in [6.45, 7) is 4.25. The Hall–Kier alpha value is 0.430. The molecule has 0 aromatic rings. The Kier molecular flexibility index (Phi) is 279. The topological polar surface area (TPSA) is 0 Å². The molecule has 0 bridgehead atoms. The molecule has 0 spiro atoms. The van der Waals surface area contributed by atoms with E-state index >= 15 is 0 Å². The highest BCUT2D eigenvalue weighted by Gasteiger charge is 1.35. The lowest BCUT2D eigenvalue weighted by Crippen LogP contribution is -1.27. The van der Waals surface area contributed by atoms with Crippen molar-refractivity contribution in [3.05, 3.63) is 0 Å². The van der Waals surface area contributed by atoms with Gasteiger partial charge >= 0.3 is 0 Å². The Morgan fingerprint density at radius 1 is 1.00 bits per heavy atom. The van der Waals surface area contributed by atoms with Gasteiger partial charge in [0.25, 0.3) is 0 Å². The first-order chi connectivity index (χ1) is 1.41. The van der Waals surface area contributed by atoms with E-state index in [0.717, 1.165) is 0 Å². The van der Waals surface area contributed by atoms with Crippen LogP contribution in [0.1, 0.15) is 35.1 Å². The normalized spacial score (nSPS) is 3.00. The minimum atomic E-state index is 0. The summed E-state index contributed by atoms with van der Waals surface area (Å²) in [7, 11) is 0. The minimum Gasteiger partial charge on any atom is -0.153 e. The monoisotopic (exact) mass is 110 g/mol. The molecule has 6 heavy (non-hydrogen) atoms. The molecule has 0 nitrogen and oxygen atoms in total. The molecule has 0 rings (SSSR count). The highest BCUT2D eigenvalue weighted by molar-refractivity contribution is 6.92. The van der Waals surface area contributed by atoms with Crippen LogP contribution in [0.5, 0.6) is 0 Å². The fourth-order valence-electron chi connectivity index (χ4n) is 0. The average Bonchev–Trinajstić information content (AvgIpc) is 0.918. The average molecular weight is 110 g/mol. The van der Waals surface area contributed by atoms with E-state index in [9.17, 15) is 0 Å². The lowest BCUT2D eigenvalue weighted by atomic mass is 10.6. The van der Waals surface area contributed by atoms with E-state index in [1.165, 1.54) is 6.42 Å². The second kappa shape index (κ2) is 52.1. The molecule has 0 saturated carbocycles. The van der Waals surface area contributed by atoms with Crippen LogP contribution in [-0.2, 0) is 0 Å².